The molecule has 2 rings (SSSR count). The second kappa shape index (κ2) is 6.35. The van der Waals surface area contributed by atoms with Crippen LogP contribution in [0.2, 0.25) is 0 Å². The number of hydrogen-bond donors (Lipinski definition) is 1. The van der Waals surface area contributed by atoms with Crippen molar-refractivity contribution >= 4 is 15.8 Å². The highest BCUT2D eigenvalue weighted by molar-refractivity contribution is 7.92. The monoisotopic (exact) mass is 331 g/mol. The Morgan fingerprint density at radius 2 is 2.14 bits per heavy atom. The van der Waals surface area contributed by atoms with E-state index in [1.165, 1.54) is 6.26 Å². The predicted molar refractivity (Wildman–Crippen MR) is 89.0 cm³/mol. The van der Waals surface area contributed by atoms with Gasteiger partial charge in [-0.05, 0) is 33.6 Å². The molecule has 0 aliphatic carbocycles. The van der Waals surface area contributed by atoms with E-state index in [-0.39, 0.29) is 12.0 Å². The zero-order valence-corrected chi connectivity index (χ0v) is 15.0. The lowest BCUT2D eigenvalue weighted by atomic mass is 9.87. The van der Waals surface area contributed by atoms with Gasteiger partial charge >= 0.3 is 0 Å². The molecule has 7 heteroatoms. The summed E-state index contributed by atoms with van der Waals surface area (Å²) in [6.45, 7) is 10.1. The van der Waals surface area contributed by atoms with E-state index in [2.05, 4.69) is 15.2 Å². The van der Waals surface area contributed by atoms with Crippen LogP contribution in [-0.2, 0) is 14.6 Å². The fourth-order valence-corrected chi connectivity index (χ4v) is 3.19. The van der Waals surface area contributed by atoms with Crippen molar-refractivity contribution in [3.8, 4) is 0 Å². The van der Waals surface area contributed by atoms with Crippen LogP contribution < -0.4 is 5.32 Å². The third kappa shape index (κ3) is 3.74. The molecule has 0 saturated carbocycles. The highest BCUT2D eigenvalue weighted by Gasteiger charge is 2.42. The SMILES string of the molecule is CCNC(=NCC(C)(C)S(C)(=O)=O)N1CCC2(CCOC2)C1. The summed E-state index contributed by atoms with van der Waals surface area (Å²) in [5, 5.41) is 3.30. The van der Waals surface area contributed by atoms with Crippen LogP contribution in [0.25, 0.3) is 0 Å². The number of sulfone groups is 1. The summed E-state index contributed by atoms with van der Waals surface area (Å²) in [7, 11) is -3.13. The van der Waals surface area contributed by atoms with Crippen molar-refractivity contribution in [2.45, 2.75) is 38.4 Å². The molecule has 2 fully saturated rings. The van der Waals surface area contributed by atoms with Crippen molar-refractivity contribution in [3.63, 3.8) is 0 Å². The maximum atomic E-state index is 11.8. The summed E-state index contributed by atoms with van der Waals surface area (Å²) in [6.07, 6.45) is 3.50. The van der Waals surface area contributed by atoms with E-state index in [0.29, 0.717) is 0 Å². The lowest BCUT2D eigenvalue weighted by molar-refractivity contribution is 0.156. The van der Waals surface area contributed by atoms with Crippen LogP contribution >= 0.6 is 0 Å². The molecule has 2 aliphatic rings. The Labute approximate surface area is 134 Å². The molecule has 22 heavy (non-hydrogen) atoms. The van der Waals surface area contributed by atoms with E-state index >= 15 is 0 Å². The molecule has 2 aliphatic heterocycles. The molecule has 1 unspecified atom stereocenters. The third-order valence-corrected chi connectivity index (χ3v) is 7.01. The fraction of sp³-hybridized carbons (Fsp3) is 0.933. The van der Waals surface area contributed by atoms with Crippen LogP contribution in [0.15, 0.2) is 4.99 Å². The molecule has 1 atom stereocenters. The lowest BCUT2D eigenvalue weighted by Gasteiger charge is -2.26. The van der Waals surface area contributed by atoms with E-state index in [9.17, 15) is 8.42 Å². The van der Waals surface area contributed by atoms with Crippen molar-refractivity contribution in [2.24, 2.45) is 10.4 Å². The summed E-state index contributed by atoms with van der Waals surface area (Å²) in [4.78, 5) is 6.85. The van der Waals surface area contributed by atoms with Crippen molar-refractivity contribution in [1.29, 1.82) is 0 Å². The molecule has 0 aromatic carbocycles. The largest absolute Gasteiger partial charge is 0.381 e. The number of nitrogens with one attached hydrogen (secondary N) is 1. The Morgan fingerprint density at radius 1 is 1.41 bits per heavy atom. The number of ether oxygens (including phenoxy) is 1. The first-order valence-corrected chi connectivity index (χ1v) is 9.89. The minimum Gasteiger partial charge on any atom is -0.381 e. The van der Waals surface area contributed by atoms with Gasteiger partial charge in [-0.25, -0.2) is 8.42 Å². The molecule has 1 spiro atoms. The number of likely N-dealkylation sites (tertiary alicyclic amines) is 1. The number of guanidine groups is 1. The van der Waals surface area contributed by atoms with Crippen molar-refractivity contribution in [3.05, 3.63) is 0 Å². The highest BCUT2D eigenvalue weighted by atomic mass is 32.2. The summed E-state index contributed by atoms with van der Waals surface area (Å²) >= 11 is 0. The van der Waals surface area contributed by atoms with Gasteiger partial charge in [0.1, 0.15) is 0 Å². The second-order valence-corrected chi connectivity index (χ2v) is 9.83. The lowest BCUT2D eigenvalue weighted by Crippen LogP contribution is -2.43. The van der Waals surface area contributed by atoms with Gasteiger partial charge in [0.2, 0.25) is 0 Å². The summed E-state index contributed by atoms with van der Waals surface area (Å²) < 4.78 is 28.4. The molecule has 128 valence electrons. The molecule has 6 nitrogen and oxygen atoms in total. The zero-order chi connectivity index (χ0) is 16.4. The van der Waals surface area contributed by atoms with Gasteiger partial charge in [-0.15, -0.1) is 0 Å². The molecular weight excluding hydrogens is 302 g/mol. The Balaban J connectivity index is 2.08. The van der Waals surface area contributed by atoms with E-state index in [1.54, 1.807) is 13.8 Å². The van der Waals surface area contributed by atoms with E-state index in [0.717, 1.165) is 51.6 Å². The number of aliphatic imine (C=N–C) groups is 1. The van der Waals surface area contributed by atoms with Crippen LogP contribution in [0.3, 0.4) is 0 Å². The Morgan fingerprint density at radius 3 is 2.68 bits per heavy atom. The number of rotatable bonds is 4. The average molecular weight is 331 g/mol. The Hall–Kier alpha value is -0.820. The van der Waals surface area contributed by atoms with Gasteiger partial charge in [0, 0.05) is 37.9 Å². The van der Waals surface area contributed by atoms with Crippen LogP contribution in [-0.4, -0.2) is 69.7 Å². The van der Waals surface area contributed by atoms with Crippen LogP contribution in [0.4, 0.5) is 0 Å². The van der Waals surface area contributed by atoms with Gasteiger partial charge in [0.15, 0.2) is 15.8 Å². The first-order valence-electron chi connectivity index (χ1n) is 8.00. The minimum atomic E-state index is -3.13. The average Bonchev–Trinajstić information content (AvgIpc) is 3.04. The van der Waals surface area contributed by atoms with E-state index in [1.807, 2.05) is 6.92 Å². The molecule has 2 heterocycles. The van der Waals surface area contributed by atoms with Crippen LogP contribution in [0, 0.1) is 5.41 Å². The van der Waals surface area contributed by atoms with Crippen LogP contribution in [0.5, 0.6) is 0 Å². The van der Waals surface area contributed by atoms with Gasteiger partial charge in [-0.2, -0.15) is 0 Å². The molecule has 2 saturated heterocycles. The molecule has 0 aromatic rings. The minimum absolute atomic E-state index is 0.266. The Kier molecular flexibility index (Phi) is 5.06. The second-order valence-electron chi connectivity index (χ2n) is 7.18. The van der Waals surface area contributed by atoms with Gasteiger partial charge in [-0.1, -0.05) is 0 Å². The molecule has 0 aromatic heterocycles. The topological polar surface area (TPSA) is 71.0 Å². The summed E-state index contributed by atoms with van der Waals surface area (Å²) in [5.74, 6) is 0.822. The smallest absolute Gasteiger partial charge is 0.193 e. The van der Waals surface area contributed by atoms with E-state index < -0.39 is 14.6 Å². The molecule has 0 bridgehead atoms. The highest BCUT2D eigenvalue weighted by Crippen LogP contribution is 2.38. The normalized spacial score (nSPS) is 26.9. The molecule has 1 N–H and O–H groups in total. The van der Waals surface area contributed by atoms with Gasteiger partial charge in [-0.3, -0.25) is 4.99 Å². The Bertz CT molecular complexity index is 522. The maximum absolute atomic E-state index is 11.8. The molecular formula is C15H29N3O3S. The molecule has 0 radical (unpaired) electrons. The number of hydrogen-bond acceptors (Lipinski definition) is 4. The first kappa shape index (κ1) is 17.5. The van der Waals surface area contributed by atoms with E-state index in [4.69, 9.17) is 4.74 Å². The zero-order valence-electron chi connectivity index (χ0n) is 14.2. The third-order valence-electron chi connectivity index (χ3n) is 4.87. The van der Waals surface area contributed by atoms with Gasteiger partial charge in [0.25, 0.3) is 0 Å². The summed E-state index contributed by atoms with van der Waals surface area (Å²) in [5.41, 5.74) is 0.266. The summed E-state index contributed by atoms with van der Waals surface area (Å²) in [6, 6.07) is 0. The van der Waals surface area contributed by atoms with Gasteiger partial charge in [0.05, 0.1) is 17.9 Å². The fourth-order valence-electron chi connectivity index (χ4n) is 2.90. The first-order chi connectivity index (χ1) is 10.2. The van der Waals surface area contributed by atoms with Crippen molar-refractivity contribution in [2.75, 3.05) is 45.6 Å². The molecule has 0 amide bonds. The quantitative estimate of drug-likeness (QED) is 0.612. The van der Waals surface area contributed by atoms with Crippen molar-refractivity contribution < 1.29 is 13.2 Å². The van der Waals surface area contributed by atoms with Crippen LogP contribution in [0.1, 0.15) is 33.6 Å². The number of nitrogens with zero attached hydrogens (tertiary/aromatic N) is 2. The predicted octanol–water partition coefficient (Wildman–Crippen LogP) is 0.888. The standard InChI is InChI=1S/C15H29N3O3S/c1-5-16-13(17-10-14(2,3)22(4,19)20)18-8-6-15(11-18)7-9-21-12-15/h5-12H2,1-4H3,(H,16,17). The van der Waals surface area contributed by atoms with Gasteiger partial charge < -0.3 is 15.0 Å². The maximum Gasteiger partial charge on any atom is 0.193 e. The van der Waals surface area contributed by atoms with Crippen molar-refractivity contribution in [1.82, 2.24) is 10.2 Å².